The van der Waals surface area contributed by atoms with Gasteiger partial charge in [0.2, 0.25) is 5.96 Å². The quantitative estimate of drug-likeness (QED) is 0.252. The topological polar surface area (TPSA) is 71.7 Å². The molecule has 0 aromatic carbocycles. The van der Waals surface area contributed by atoms with Gasteiger partial charge in [-0.15, -0.1) is 11.3 Å². The standard InChI is InChI=1S/C12H20N4OS/c1-17-7-6-14-12(16-13)15-10-3-2-4-11-9(10)5-8-18-11/h5,8,10H,2-4,6-7,13H2,1H3,(H2,14,15,16). The maximum absolute atomic E-state index is 5.49. The molecule has 0 aliphatic heterocycles. The highest BCUT2D eigenvalue weighted by Crippen LogP contribution is 2.33. The molecule has 1 aliphatic carbocycles. The van der Waals surface area contributed by atoms with Crippen molar-refractivity contribution in [1.82, 2.24) is 10.7 Å². The highest BCUT2D eigenvalue weighted by Gasteiger charge is 2.21. The Morgan fingerprint density at radius 1 is 1.67 bits per heavy atom. The molecule has 1 aromatic rings. The number of nitrogens with one attached hydrogen (secondary N) is 2. The normalized spacial score (nSPS) is 19.4. The number of hydrazine groups is 1. The van der Waals surface area contributed by atoms with Gasteiger partial charge in [0.15, 0.2) is 0 Å². The first-order chi connectivity index (χ1) is 8.85. The summed E-state index contributed by atoms with van der Waals surface area (Å²) in [5.74, 6) is 6.12. The van der Waals surface area contributed by atoms with Gasteiger partial charge in [-0.2, -0.15) is 0 Å². The number of ether oxygens (including phenoxy) is 1. The summed E-state index contributed by atoms with van der Waals surface area (Å²) >= 11 is 1.83. The second-order valence-electron chi connectivity index (χ2n) is 4.26. The van der Waals surface area contributed by atoms with Crippen LogP contribution in [-0.4, -0.2) is 26.2 Å². The van der Waals surface area contributed by atoms with Crippen LogP contribution in [0.5, 0.6) is 0 Å². The zero-order valence-corrected chi connectivity index (χ0v) is 11.4. The van der Waals surface area contributed by atoms with Crippen molar-refractivity contribution in [2.75, 3.05) is 20.3 Å². The largest absolute Gasteiger partial charge is 0.383 e. The van der Waals surface area contributed by atoms with Crippen LogP contribution in [0.15, 0.2) is 16.4 Å². The van der Waals surface area contributed by atoms with Gasteiger partial charge in [-0.1, -0.05) is 0 Å². The molecule has 5 nitrogen and oxygen atoms in total. The van der Waals surface area contributed by atoms with Crippen LogP contribution < -0.4 is 16.6 Å². The number of thiophene rings is 1. The molecule has 0 spiro atoms. The maximum Gasteiger partial charge on any atom is 0.206 e. The highest BCUT2D eigenvalue weighted by atomic mass is 32.1. The first kappa shape index (κ1) is 13.3. The van der Waals surface area contributed by atoms with E-state index in [4.69, 9.17) is 10.6 Å². The molecule has 0 radical (unpaired) electrons. The molecule has 2 rings (SSSR count). The van der Waals surface area contributed by atoms with Crippen molar-refractivity contribution in [3.8, 4) is 0 Å². The maximum atomic E-state index is 5.49. The molecule has 0 fully saturated rings. The van der Waals surface area contributed by atoms with E-state index in [1.807, 2.05) is 11.3 Å². The molecule has 0 saturated heterocycles. The number of aryl methyl sites for hydroxylation is 1. The molecule has 1 aromatic heterocycles. The number of nitrogens with zero attached hydrogens (tertiary/aromatic N) is 1. The van der Waals surface area contributed by atoms with Gasteiger partial charge < -0.3 is 10.1 Å². The van der Waals surface area contributed by atoms with Gasteiger partial charge in [-0.25, -0.2) is 10.8 Å². The Labute approximate surface area is 111 Å². The molecular weight excluding hydrogens is 248 g/mol. The minimum absolute atomic E-state index is 0.317. The second kappa shape index (κ2) is 6.72. The Morgan fingerprint density at radius 3 is 3.33 bits per heavy atom. The van der Waals surface area contributed by atoms with E-state index in [1.165, 1.54) is 23.3 Å². The number of hydrogen-bond acceptors (Lipinski definition) is 4. The molecule has 18 heavy (non-hydrogen) atoms. The van der Waals surface area contributed by atoms with Gasteiger partial charge in [-0.05, 0) is 36.3 Å². The highest BCUT2D eigenvalue weighted by molar-refractivity contribution is 7.10. The van der Waals surface area contributed by atoms with Gasteiger partial charge >= 0.3 is 0 Å². The van der Waals surface area contributed by atoms with Crippen LogP contribution in [0.2, 0.25) is 0 Å². The van der Waals surface area contributed by atoms with E-state index in [0.29, 0.717) is 25.2 Å². The molecule has 0 bridgehead atoms. The van der Waals surface area contributed by atoms with Crippen LogP contribution >= 0.6 is 11.3 Å². The third-order valence-corrected chi connectivity index (χ3v) is 4.06. The molecule has 0 saturated carbocycles. The number of methoxy groups -OCH3 is 1. The monoisotopic (exact) mass is 268 g/mol. The SMILES string of the molecule is COCCN=C(NN)NC1CCCc2sccc21. The summed E-state index contributed by atoms with van der Waals surface area (Å²) in [6.45, 7) is 1.20. The fourth-order valence-electron chi connectivity index (χ4n) is 2.18. The predicted molar refractivity (Wildman–Crippen MR) is 74.6 cm³/mol. The van der Waals surface area contributed by atoms with Crippen LogP contribution in [0, 0.1) is 0 Å². The van der Waals surface area contributed by atoms with Crippen LogP contribution in [0.4, 0.5) is 0 Å². The van der Waals surface area contributed by atoms with E-state index in [2.05, 4.69) is 27.2 Å². The minimum Gasteiger partial charge on any atom is -0.383 e. The molecule has 0 amide bonds. The lowest BCUT2D eigenvalue weighted by atomic mass is 9.94. The summed E-state index contributed by atoms with van der Waals surface area (Å²) in [5, 5.41) is 5.53. The van der Waals surface area contributed by atoms with E-state index < -0.39 is 0 Å². The van der Waals surface area contributed by atoms with Crippen molar-refractivity contribution in [3.05, 3.63) is 21.9 Å². The van der Waals surface area contributed by atoms with Crippen molar-refractivity contribution in [3.63, 3.8) is 0 Å². The van der Waals surface area contributed by atoms with Crippen LogP contribution in [0.25, 0.3) is 0 Å². The molecule has 1 unspecified atom stereocenters. The molecule has 100 valence electrons. The third kappa shape index (κ3) is 3.22. The Morgan fingerprint density at radius 2 is 2.56 bits per heavy atom. The van der Waals surface area contributed by atoms with Crippen molar-refractivity contribution >= 4 is 17.3 Å². The Hall–Kier alpha value is -1.11. The molecular formula is C12H20N4OS. The first-order valence-corrected chi connectivity index (χ1v) is 7.06. The van der Waals surface area contributed by atoms with Gasteiger partial charge in [0, 0.05) is 12.0 Å². The van der Waals surface area contributed by atoms with Crippen LogP contribution in [-0.2, 0) is 11.2 Å². The Kier molecular flexibility index (Phi) is 4.98. The minimum atomic E-state index is 0.317. The van der Waals surface area contributed by atoms with Gasteiger partial charge in [0.05, 0.1) is 19.2 Å². The first-order valence-electron chi connectivity index (χ1n) is 6.18. The van der Waals surface area contributed by atoms with Gasteiger partial charge in [-0.3, -0.25) is 5.43 Å². The van der Waals surface area contributed by atoms with Crippen LogP contribution in [0.3, 0.4) is 0 Å². The van der Waals surface area contributed by atoms with Crippen molar-refractivity contribution < 1.29 is 4.74 Å². The fourth-order valence-corrected chi connectivity index (χ4v) is 3.17. The number of rotatable bonds is 4. The number of aliphatic imine (C=N–C) groups is 1. The lowest BCUT2D eigenvalue weighted by Crippen LogP contribution is -2.44. The Balaban J connectivity index is 1.99. The van der Waals surface area contributed by atoms with Gasteiger partial charge in [0.25, 0.3) is 0 Å². The third-order valence-electron chi connectivity index (χ3n) is 3.06. The predicted octanol–water partition coefficient (Wildman–Crippen LogP) is 1.18. The Bertz CT molecular complexity index is 405. The molecule has 1 aliphatic rings. The number of fused-ring (bicyclic) bond motifs is 1. The van der Waals surface area contributed by atoms with E-state index in [9.17, 15) is 0 Å². The molecule has 4 N–H and O–H groups in total. The second-order valence-corrected chi connectivity index (χ2v) is 5.26. The lowest BCUT2D eigenvalue weighted by Gasteiger charge is -2.25. The zero-order valence-electron chi connectivity index (χ0n) is 10.6. The molecule has 1 heterocycles. The average Bonchev–Trinajstić information content (AvgIpc) is 2.87. The lowest BCUT2D eigenvalue weighted by molar-refractivity contribution is 0.208. The van der Waals surface area contributed by atoms with Crippen molar-refractivity contribution in [1.29, 1.82) is 0 Å². The van der Waals surface area contributed by atoms with Crippen molar-refractivity contribution in [2.45, 2.75) is 25.3 Å². The van der Waals surface area contributed by atoms with E-state index in [0.717, 1.165) is 6.42 Å². The smallest absolute Gasteiger partial charge is 0.206 e. The summed E-state index contributed by atoms with van der Waals surface area (Å²) in [6.07, 6.45) is 3.52. The van der Waals surface area contributed by atoms with Gasteiger partial charge in [0.1, 0.15) is 0 Å². The zero-order chi connectivity index (χ0) is 12.8. The molecule has 6 heteroatoms. The average molecular weight is 268 g/mol. The van der Waals surface area contributed by atoms with E-state index >= 15 is 0 Å². The summed E-state index contributed by atoms with van der Waals surface area (Å²) in [6, 6.07) is 2.51. The summed E-state index contributed by atoms with van der Waals surface area (Å²) in [5.41, 5.74) is 4.01. The summed E-state index contributed by atoms with van der Waals surface area (Å²) in [7, 11) is 1.66. The van der Waals surface area contributed by atoms with Crippen LogP contribution in [0.1, 0.15) is 29.3 Å². The fraction of sp³-hybridized carbons (Fsp3) is 0.583. The summed E-state index contributed by atoms with van der Waals surface area (Å²) < 4.78 is 4.97. The van der Waals surface area contributed by atoms with E-state index in [1.54, 1.807) is 7.11 Å². The number of hydrogen-bond donors (Lipinski definition) is 3. The van der Waals surface area contributed by atoms with E-state index in [-0.39, 0.29) is 0 Å². The van der Waals surface area contributed by atoms with Crippen molar-refractivity contribution in [2.24, 2.45) is 10.8 Å². The molecule has 1 atom stereocenters. The number of guanidine groups is 1. The summed E-state index contributed by atoms with van der Waals surface area (Å²) in [4.78, 5) is 5.81. The number of nitrogens with two attached hydrogens (primary N) is 1.